The molecule has 0 amide bonds. The van der Waals surface area contributed by atoms with Crippen LogP contribution in [0, 0.1) is 0 Å². The van der Waals surface area contributed by atoms with E-state index in [1.165, 1.54) is 0 Å². The minimum Gasteiger partial charge on any atom is -0.292 e. The Bertz CT molecular complexity index is 1060. The highest BCUT2D eigenvalue weighted by atomic mass is 32.2. The number of sulfone groups is 1. The number of H-pyrrole nitrogens is 1. The van der Waals surface area contributed by atoms with Crippen LogP contribution in [0.3, 0.4) is 0 Å². The molecule has 8 heteroatoms. The third-order valence-electron chi connectivity index (χ3n) is 4.48. The fourth-order valence-corrected chi connectivity index (χ4v) is 4.89. The van der Waals surface area contributed by atoms with Crippen molar-refractivity contribution in [3.05, 3.63) is 70.7 Å². The standard InChI is InChI=1S/C17H16N4O3S/c22-16-14-10-13(25(23,24)12-4-2-1-3-5-12)6-7-15(14)19-17(20-16)21-9-8-18-11-21/h1-5,8-9,11,13H,6-7,10H2,(H,19,20,22). The van der Waals surface area contributed by atoms with E-state index in [9.17, 15) is 13.2 Å². The molecule has 2 aromatic heterocycles. The Morgan fingerprint density at radius 1 is 1.20 bits per heavy atom. The molecule has 0 aliphatic heterocycles. The highest BCUT2D eigenvalue weighted by molar-refractivity contribution is 7.92. The quantitative estimate of drug-likeness (QED) is 0.762. The number of aryl methyl sites for hydroxylation is 1. The van der Waals surface area contributed by atoms with Crippen LogP contribution in [0.15, 0.2) is 58.7 Å². The molecule has 1 aromatic carbocycles. The van der Waals surface area contributed by atoms with Crippen LogP contribution in [0.4, 0.5) is 0 Å². The van der Waals surface area contributed by atoms with E-state index in [0.29, 0.717) is 34.9 Å². The summed E-state index contributed by atoms with van der Waals surface area (Å²) in [6.45, 7) is 0. The van der Waals surface area contributed by atoms with E-state index < -0.39 is 15.1 Å². The zero-order valence-electron chi connectivity index (χ0n) is 13.3. The van der Waals surface area contributed by atoms with Crippen LogP contribution in [-0.2, 0) is 22.7 Å². The molecule has 2 heterocycles. The van der Waals surface area contributed by atoms with Gasteiger partial charge in [0.1, 0.15) is 6.33 Å². The lowest BCUT2D eigenvalue weighted by Crippen LogP contribution is -2.34. The van der Waals surface area contributed by atoms with Crippen LogP contribution in [0.1, 0.15) is 17.7 Å². The molecule has 4 rings (SSSR count). The van der Waals surface area contributed by atoms with Gasteiger partial charge in [-0.3, -0.25) is 14.3 Å². The van der Waals surface area contributed by atoms with Crippen molar-refractivity contribution >= 4 is 9.84 Å². The lowest BCUT2D eigenvalue weighted by molar-refractivity contribution is 0.556. The average Bonchev–Trinajstić information content (AvgIpc) is 3.17. The van der Waals surface area contributed by atoms with Crippen molar-refractivity contribution in [2.24, 2.45) is 0 Å². The summed E-state index contributed by atoms with van der Waals surface area (Å²) in [4.78, 5) is 23.9. The zero-order valence-corrected chi connectivity index (χ0v) is 14.1. The van der Waals surface area contributed by atoms with Gasteiger partial charge in [0.25, 0.3) is 5.56 Å². The van der Waals surface area contributed by atoms with Crippen molar-refractivity contribution in [2.75, 3.05) is 0 Å². The van der Waals surface area contributed by atoms with Crippen molar-refractivity contribution < 1.29 is 8.42 Å². The van der Waals surface area contributed by atoms with Crippen molar-refractivity contribution in [3.8, 4) is 5.95 Å². The van der Waals surface area contributed by atoms with Crippen molar-refractivity contribution in [2.45, 2.75) is 29.4 Å². The molecular weight excluding hydrogens is 340 g/mol. The minimum absolute atomic E-state index is 0.180. The van der Waals surface area contributed by atoms with Gasteiger partial charge in [0.05, 0.1) is 15.8 Å². The Labute approximate surface area is 144 Å². The predicted molar refractivity (Wildman–Crippen MR) is 91.4 cm³/mol. The second kappa shape index (κ2) is 5.96. The lowest BCUT2D eigenvalue weighted by Gasteiger charge is -2.23. The summed E-state index contributed by atoms with van der Waals surface area (Å²) in [5.74, 6) is 0.394. The van der Waals surface area contributed by atoms with Crippen molar-refractivity contribution in [1.82, 2.24) is 19.5 Å². The second-order valence-electron chi connectivity index (χ2n) is 6.01. The maximum Gasteiger partial charge on any atom is 0.255 e. The molecule has 0 saturated heterocycles. The Hall–Kier alpha value is -2.74. The number of hydrogen-bond acceptors (Lipinski definition) is 5. The number of nitrogens with one attached hydrogen (secondary N) is 1. The first-order valence-electron chi connectivity index (χ1n) is 7.95. The molecule has 1 atom stereocenters. The van der Waals surface area contributed by atoms with Crippen LogP contribution in [0.5, 0.6) is 0 Å². The Balaban J connectivity index is 1.70. The molecule has 0 spiro atoms. The Kier molecular flexibility index (Phi) is 3.76. The molecule has 0 bridgehead atoms. The van der Waals surface area contributed by atoms with Gasteiger partial charge in [-0.1, -0.05) is 18.2 Å². The molecule has 1 N–H and O–H groups in total. The summed E-state index contributed by atoms with van der Waals surface area (Å²) in [5.41, 5.74) is 0.827. The second-order valence-corrected chi connectivity index (χ2v) is 8.24. The van der Waals surface area contributed by atoms with Gasteiger partial charge in [0, 0.05) is 18.0 Å². The van der Waals surface area contributed by atoms with Gasteiger partial charge < -0.3 is 0 Å². The molecule has 0 fully saturated rings. The maximum atomic E-state index is 12.8. The molecule has 0 saturated carbocycles. The fraction of sp³-hybridized carbons (Fsp3) is 0.235. The monoisotopic (exact) mass is 356 g/mol. The third-order valence-corrected chi connectivity index (χ3v) is 6.69. The van der Waals surface area contributed by atoms with E-state index in [1.807, 2.05) is 0 Å². The zero-order chi connectivity index (χ0) is 17.4. The molecule has 7 nitrogen and oxygen atoms in total. The molecular formula is C17H16N4O3S. The molecule has 128 valence electrons. The number of nitrogens with zero attached hydrogens (tertiary/aromatic N) is 3. The number of hydrogen-bond donors (Lipinski definition) is 1. The summed E-state index contributed by atoms with van der Waals surface area (Å²) in [6, 6.07) is 8.37. The number of rotatable bonds is 3. The van der Waals surface area contributed by atoms with E-state index in [1.54, 1.807) is 53.6 Å². The normalized spacial score (nSPS) is 17.2. The molecule has 3 aromatic rings. The summed E-state index contributed by atoms with van der Waals surface area (Å²) >= 11 is 0. The average molecular weight is 356 g/mol. The predicted octanol–water partition coefficient (Wildman–Crippen LogP) is 1.29. The van der Waals surface area contributed by atoms with Crippen LogP contribution in [-0.4, -0.2) is 33.2 Å². The number of fused-ring (bicyclic) bond motifs is 1. The largest absolute Gasteiger partial charge is 0.292 e. The first-order chi connectivity index (χ1) is 12.1. The minimum atomic E-state index is -3.47. The summed E-state index contributed by atoms with van der Waals surface area (Å²) < 4.78 is 27.3. The Morgan fingerprint density at radius 3 is 2.72 bits per heavy atom. The van der Waals surface area contributed by atoms with Crippen LogP contribution in [0.25, 0.3) is 5.95 Å². The number of imidazole rings is 1. The van der Waals surface area contributed by atoms with Crippen LogP contribution >= 0.6 is 0 Å². The van der Waals surface area contributed by atoms with E-state index in [4.69, 9.17) is 0 Å². The van der Waals surface area contributed by atoms with Crippen molar-refractivity contribution in [3.63, 3.8) is 0 Å². The number of aromatic nitrogens is 4. The SMILES string of the molecule is O=c1[nH]c(-n2ccnc2)nc2c1CC(S(=O)(=O)c1ccccc1)CC2. The highest BCUT2D eigenvalue weighted by Crippen LogP contribution is 2.27. The first-order valence-corrected chi connectivity index (χ1v) is 9.49. The van der Waals surface area contributed by atoms with Gasteiger partial charge in [0.15, 0.2) is 9.84 Å². The fourth-order valence-electron chi connectivity index (χ4n) is 3.15. The summed E-state index contributed by atoms with van der Waals surface area (Å²) in [7, 11) is -3.47. The number of aromatic amines is 1. The molecule has 0 radical (unpaired) electrons. The van der Waals surface area contributed by atoms with E-state index in [2.05, 4.69) is 15.0 Å². The van der Waals surface area contributed by atoms with Gasteiger partial charge in [0.2, 0.25) is 5.95 Å². The summed E-state index contributed by atoms with van der Waals surface area (Å²) in [5, 5.41) is -0.607. The van der Waals surface area contributed by atoms with Gasteiger partial charge in [-0.05, 0) is 31.4 Å². The molecule has 25 heavy (non-hydrogen) atoms. The van der Waals surface area contributed by atoms with Gasteiger partial charge >= 0.3 is 0 Å². The van der Waals surface area contributed by atoms with E-state index in [-0.39, 0.29) is 12.0 Å². The third kappa shape index (κ3) is 2.78. The van der Waals surface area contributed by atoms with E-state index in [0.717, 1.165) is 0 Å². The van der Waals surface area contributed by atoms with Gasteiger partial charge in [-0.15, -0.1) is 0 Å². The smallest absolute Gasteiger partial charge is 0.255 e. The lowest BCUT2D eigenvalue weighted by atomic mass is 9.97. The van der Waals surface area contributed by atoms with E-state index >= 15 is 0 Å². The molecule has 1 unspecified atom stereocenters. The van der Waals surface area contributed by atoms with Crippen LogP contribution < -0.4 is 5.56 Å². The van der Waals surface area contributed by atoms with Crippen LogP contribution in [0.2, 0.25) is 0 Å². The first kappa shape index (κ1) is 15.8. The topological polar surface area (TPSA) is 97.7 Å². The maximum absolute atomic E-state index is 12.8. The molecule has 1 aliphatic rings. The van der Waals surface area contributed by atoms with Gasteiger partial charge in [-0.2, -0.15) is 0 Å². The van der Waals surface area contributed by atoms with Gasteiger partial charge in [-0.25, -0.2) is 18.4 Å². The Morgan fingerprint density at radius 2 is 2.00 bits per heavy atom. The molecule has 1 aliphatic carbocycles. The number of benzene rings is 1. The van der Waals surface area contributed by atoms with Crippen molar-refractivity contribution in [1.29, 1.82) is 0 Å². The summed E-state index contributed by atoms with van der Waals surface area (Å²) in [6.07, 6.45) is 5.93. The highest BCUT2D eigenvalue weighted by Gasteiger charge is 2.33.